The molecule has 0 aliphatic heterocycles. The number of halogens is 3. The fourth-order valence-corrected chi connectivity index (χ4v) is 1.58. The highest BCUT2D eigenvalue weighted by Gasteiger charge is 2.30. The number of rotatable bonds is 4. The number of aromatic nitrogens is 1. The van der Waals surface area contributed by atoms with Gasteiger partial charge in [-0.1, -0.05) is 6.92 Å². The molecule has 0 aliphatic rings. The normalized spacial score (nSPS) is 11.8. The molecule has 1 aromatic heterocycles. The van der Waals surface area contributed by atoms with E-state index in [1.807, 2.05) is 6.92 Å². The van der Waals surface area contributed by atoms with Crippen LogP contribution in [0.15, 0.2) is 34.9 Å². The Morgan fingerprint density at radius 2 is 1.89 bits per heavy atom. The van der Waals surface area contributed by atoms with E-state index in [0.717, 1.165) is 24.4 Å². The molecule has 2 rings (SSSR count). The van der Waals surface area contributed by atoms with Gasteiger partial charge in [0.25, 0.3) is 0 Å². The molecule has 3 nitrogen and oxygen atoms in total. The highest BCUT2D eigenvalue weighted by molar-refractivity contribution is 5.53. The van der Waals surface area contributed by atoms with Crippen LogP contribution in [0.4, 0.5) is 13.2 Å². The maximum absolute atomic E-state index is 12.4. The highest BCUT2D eigenvalue weighted by Crippen LogP contribution is 2.30. The van der Waals surface area contributed by atoms with Gasteiger partial charge in [0.2, 0.25) is 5.89 Å². The van der Waals surface area contributed by atoms with E-state index < -0.39 is 11.7 Å². The summed E-state index contributed by atoms with van der Waals surface area (Å²) in [6.45, 7) is 3.35. The van der Waals surface area contributed by atoms with Crippen molar-refractivity contribution in [3.05, 3.63) is 41.8 Å². The van der Waals surface area contributed by atoms with Gasteiger partial charge in [0.15, 0.2) is 0 Å². The molecule has 102 valence electrons. The molecule has 1 N–H and O–H groups in total. The lowest BCUT2D eigenvalue weighted by Gasteiger charge is -2.05. The summed E-state index contributed by atoms with van der Waals surface area (Å²) < 4.78 is 42.5. The van der Waals surface area contributed by atoms with E-state index in [-0.39, 0.29) is 0 Å². The summed E-state index contributed by atoms with van der Waals surface area (Å²) in [7, 11) is 0. The van der Waals surface area contributed by atoms with Crippen molar-refractivity contribution < 1.29 is 17.6 Å². The third-order valence-electron chi connectivity index (χ3n) is 2.57. The van der Waals surface area contributed by atoms with E-state index >= 15 is 0 Å². The average molecular weight is 270 g/mol. The first kappa shape index (κ1) is 13.6. The summed E-state index contributed by atoms with van der Waals surface area (Å²) in [5, 5.41) is 3.09. The number of benzene rings is 1. The molecular formula is C13H13F3N2O. The molecule has 1 heterocycles. The maximum Gasteiger partial charge on any atom is 0.416 e. The topological polar surface area (TPSA) is 38.1 Å². The molecule has 0 amide bonds. The SMILES string of the molecule is CCNCc1coc(-c2ccc(C(F)(F)F)cc2)n1. The molecule has 0 aliphatic carbocycles. The Morgan fingerprint density at radius 1 is 1.21 bits per heavy atom. The zero-order valence-corrected chi connectivity index (χ0v) is 10.3. The van der Waals surface area contributed by atoms with Gasteiger partial charge < -0.3 is 9.73 Å². The molecule has 1 aromatic carbocycles. The van der Waals surface area contributed by atoms with Crippen molar-refractivity contribution in [3.63, 3.8) is 0 Å². The molecule has 0 saturated heterocycles. The minimum absolute atomic E-state index is 0.321. The molecule has 0 radical (unpaired) electrons. The summed E-state index contributed by atoms with van der Waals surface area (Å²) in [5.41, 5.74) is 0.558. The van der Waals surface area contributed by atoms with Crippen LogP contribution in [-0.4, -0.2) is 11.5 Å². The molecule has 0 atom stereocenters. The van der Waals surface area contributed by atoms with Crippen molar-refractivity contribution >= 4 is 0 Å². The summed E-state index contributed by atoms with van der Waals surface area (Å²) in [5.74, 6) is 0.321. The van der Waals surface area contributed by atoms with Gasteiger partial charge in [-0.15, -0.1) is 0 Å². The van der Waals surface area contributed by atoms with E-state index in [2.05, 4.69) is 10.3 Å². The smallest absolute Gasteiger partial charge is 0.416 e. The number of hydrogen-bond donors (Lipinski definition) is 1. The van der Waals surface area contributed by atoms with Crippen LogP contribution in [0.5, 0.6) is 0 Å². The molecule has 0 spiro atoms. The van der Waals surface area contributed by atoms with Gasteiger partial charge in [-0.25, -0.2) is 4.98 Å². The lowest BCUT2D eigenvalue weighted by molar-refractivity contribution is -0.137. The van der Waals surface area contributed by atoms with Gasteiger partial charge in [0.05, 0.1) is 11.3 Å². The number of alkyl halides is 3. The van der Waals surface area contributed by atoms with Crippen LogP contribution in [0.2, 0.25) is 0 Å². The van der Waals surface area contributed by atoms with Crippen molar-refractivity contribution in [3.8, 4) is 11.5 Å². The van der Waals surface area contributed by atoms with Crippen LogP contribution in [0, 0.1) is 0 Å². The number of hydrogen-bond acceptors (Lipinski definition) is 3. The predicted molar refractivity (Wildman–Crippen MR) is 64.3 cm³/mol. The van der Waals surface area contributed by atoms with Crippen LogP contribution < -0.4 is 5.32 Å². The van der Waals surface area contributed by atoms with Crippen molar-refractivity contribution in [2.45, 2.75) is 19.6 Å². The highest BCUT2D eigenvalue weighted by atomic mass is 19.4. The molecule has 0 saturated carbocycles. The summed E-state index contributed by atoms with van der Waals surface area (Å²) in [6, 6.07) is 4.74. The van der Waals surface area contributed by atoms with Crippen LogP contribution in [-0.2, 0) is 12.7 Å². The average Bonchev–Trinajstić information content (AvgIpc) is 2.84. The Morgan fingerprint density at radius 3 is 2.47 bits per heavy atom. The van der Waals surface area contributed by atoms with Crippen molar-refractivity contribution in [1.29, 1.82) is 0 Å². The van der Waals surface area contributed by atoms with Crippen molar-refractivity contribution in [1.82, 2.24) is 10.3 Å². The van der Waals surface area contributed by atoms with Crippen LogP contribution in [0.3, 0.4) is 0 Å². The van der Waals surface area contributed by atoms with Gasteiger partial charge in [-0.2, -0.15) is 13.2 Å². The minimum Gasteiger partial charge on any atom is -0.444 e. The summed E-state index contributed by atoms with van der Waals surface area (Å²) >= 11 is 0. The standard InChI is InChI=1S/C13H13F3N2O/c1-2-17-7-11-8-19-12(18-11)9-3-5-10(6-4-9)13(14,15)16/h3-6,8,17H,2,7H2,1H3. The van der Waals surface area contributed by atoms with E-state index in [4.69, 9.17) is 4.42 Å². The largest absolute Gasteiger partial charge is 0.444 e. The molecule has 2 aromatic rings. The Kier molecular flexibility index (Phi) is 3.90. The van der Waals surface area contributed by atoms with Gasteiger partial charge in [-0.05, 0) is 30.8 Å². The fraction of sp³-hybridized carbons (Fsp3) is 0.308. The Labute approximate surface area is 108 Å². The Hall–Kier alpha value is -1.82. The first-order chi connectivity index (χ1) is 9.00. The zero-order chi connectivity index (χ0) is 13.9. The second kappa shape index (κ2) is 5.44. The molecule has 0 fully saturated rings. The number of nitrogens with one attached hydrogen (secondary N) is 1. The van der Waals surface area contributed by atoms with Gasteiger partial charge in [0.1, 0.15) is 6.26 Å². The van der Waals surface area contributed by atoms with E-state index in [1.54, 1.807) is 0 Å². The van der Waals surface area contributed by atoms with Gasteiger partial charge in [0, 0.05) is 12.1 Å². The maximum atomic E-state index is 12.4. The molecule has 19 heavy (non-hydrogen) atoms. The predicted octanol–water partition coefficient (Wildman–Crippen LogP) is 3.47. The van der Waals surface area contributed by atoms with Crippen molar-refractivity contribution in [2.24, 2.45) is 0 Å². The minimum atomic E-state index is -4.33. The second-order valence-electron chi connectivity index (χ2n) is 4.00. The Bertz CT molecular complexity index is 532. The van der Waals surface area contributed by atoms with Crippen LogP contribution in [0.25, 0.3) is 11.5 Å². The summed E-state index contributed by atoms with van der Waals surface area (Å²) in [4.78, 5) is 4.20. The molecule has 0 unspecified atom stereocenters. The molecular weight excluding hydrogens is 257 g/mol. The first-order valence-electron chi connectivity index (χ1n) is 5.83. The zero-order valence-electron chi connectivity index (χ0n) is 10.3. The molecule has 0 bridgehead atoms. The first-order valence-corrected chi connectivity index (χ1v) is 5.83. The third kappa shape index (κ3) is 3.35. The lowest BCUT2D eigenvalue weighted by atomic mass is 10.1. The lowest BCUT2D eigenvalue weighted by Crippen LogP contribution is -2.11. The summed E-state index contributed by atoms with van der Waals surface area (Å²) in [6.07, 6.45) is -2.83. The second-order valence-corrected chi connectivity index (χ2v) is 4.00. The van der Waals surface area contributed by atoms with Gasteiger partial charge in [-0.3, -0.25) is 0 Å². The monoisotopic (exact) mass is 270 g/mol. The van der Waals surface area contributed by atoms with E-state index in [0.29, 0.717) is 18.0 Å². The molecule has 6 heteroatoms. The van der Waals surface area contributed by atoms with E-state index in [1.165, 1.54) is 18.4 Å². The fourth-order valence-electron chi connectivity index (χ4n) is 1.58. The number of oxazole rings is 1. The van der Waals surface area contributed by atoms with Gasteiger partial charge >= 0.3 is 6.18 Å². The van der Waals surface area contributed by atoms with Crippen molar-refractivity contribution in [2.75, 3.05) is 6.54 Å². The van der Waals surface area contributed by atoms with Crippen LogP contribution in [0.1, 0.15) is 18.2 Å². The third-order valence-corrected chi connectivity index (χ3v) is 2.57. The van der Waals surface area contributed by atoms with Crippen LogP contribution >= 0.6 is 0 Å². The Balaban J connectivity index is 2.16. The van der Waals surface area contributed by atoms with E-state index in [9.17, 15) is 13.2 Å². The quantitative estimate of drug-likeness (QED) is 0.924. The number of nitrogens with zero attached hydrogens (tertiary/aromatic N) is 1.